The Kier molecular flexibility index (Phi) is 4.52. The predicted molar refractivity (Wildman–Crippen MR) is 88.4 cm³/mol. The van der Waals surface area contributed by atoms with Gasteiger partial charge in [0.15, 0.2) is 0 Å². The Morgan fingerprint density at radius 3 is 2.39 bits per heavy atom. The number of aromatic nitrogens is 2. The Morgan fingerprint density at radius 1 is 1.26 bits per heavy atom. The first-order valence-electron chi connectivity index (χ1n) is 7.84. The minimum absolute atomic E-state index is 0.0528. The Hall–Kier alpha value is -1.89. The first-order chi connectivity index (χ1) is 10.5. The van der Waals surface area contributed by atoms with Crippen molar-refractivity contribution in [3.05, 3.63) is 33.1 Å². The van der Waals surface area contributed by atoms with Crippen molar-refractivity contribution < 1.29 is 4.79 Å². The molecule has 1 aromatic heterocycles. The van der Waals surface area contributed by atoms with Crippen molar-refractivity contribution in [3.63, 3.8) is 0 Å². The standard InChI is InChI=1S/C16H26N4O3/c1-15(2)8-11(9-16(3,4)18-15)17-12(21)10-20-7-6-13(22)19(5)14(20)23/h6-7,11,18H,8-10H2,1-5H3,(H,17,21). The van der Waals surface area contributed by atoms with Crippen LogP contribution in [0.25, 0.3) is 0 Å². The number of hydrogen-bond donors (Lipinski definition) is 2. The molecule has 23 heavy (non-hydrogen) atoms. The number of nitrogens with zero attached hydrogens (tertiary/aromatic N) is 2. The number of hydrogen-bond acceptors (Lipinski definition) is 4. The maximum atomic E-state index is 12.3. The third kappa shape index (κ3) is 4.31. The molecule has 0 spiro atoms. The number of carbonyl (C=O) groups excluding carboxylic acids is 1. The first-order valence-corrected chi connectivity index (χ1v) is 7.84. The molecular formula is C16H26N4O3. The van der Waals surface area contributed by atoms with E-state index in [4.69, 9.17) is 0 Å². The van der Waals surface area contributed by atoms with E-state index < -0.39 is 5.69 Å². The zero-order chi connectivity index (χ0) is 17.4. The van der Waals surface area contributed by atoms with Gasteiger partial charge < -0.3 is 10.6 Å². The minimum Gasteiger partial charge on any atom is -0.352 e. The van der Waals surface area contributed by atoms with Gasteiger partial charge in [0, 0.05) is 36.4 Å². The van der Waals surface area contributed by atoms with Crippen LogP contribution in [-0.2, 0) is 18.4 Å². The van der Waals surface area contributed by atoms with Crippen LogP contribution in [0.15, 0.2) is 21.9 Å². The van der Waals surface area contributed by atoms with E-state index in [9.17, 15) is 14.4 Å². The van der Waals surface area contributed by atoms with Gasteiger partial charge >= 0.3 is 5.69 Å². The van der Waals surface area contributed by atoms with Gasteiger partial charge in [-0.2, -0.15) is 0 Å². The van der Waals surface area contributed by atoms with Crippen molar-refractivity contribution in [2.24, 2.45) is 7.05 Å². The molecule has 0 bridgehead atoms. The minimum atomic E-state index is -0.487. The summed E-state index contributed by atoms with van der Waals surface area (Å²) in [5.74, 6) is -0.218. The van der Waals surface area contributed by atoms with Crippen LogP contribution in [-0.4, -0.2) is 32.2 Å². The molecule has 1 saturated heterocycles. The van der Waals surface area contributed by atoms with Crippen molar-refractivity contribution in [3.8, 4) is 0 Å². The van der Waals surface area contributed by atoms with E-state index in [1.165, 1.54) is 23.9 Å². The van der Waals surface area contributed by atoms with E-state index in [2.05, 4.69) is 38.3 Å². The lowest BCUT2D eigenvalue weighted by molar-refractivity contribution is -0.123. The lowest BCUT2D eigenvalue weighted by Gasteiger charge is -2.46. The molecule has 0 radical (unpaired) electrons. The molecule has 7 nitrogen and oxygen atoms in total. The third-order valence-electron chi connectivity index (χ3n) is 4.13. The summed E-state index contributed by atoms with van der Waals surface area (Å²) in [6.07, 6.45) is 3.01. The monoisotopic (exact) mass is 322 g/mol. The van der Waals surface area contributed by atoms with Crippen molar-refractivity contribution in [2.75, 3.05) is 0 Å². The van der Waals surface area contributed by atoms with Gasteiger partial charge in [0.25, 0.3) is 5.56 Å². The van der Waals surface area contributed by atoms with Gasteiger partial charge in [-0.3, -0.25) is 18.7 Å². The van der Waals surface area contributed by atoms with Crippen LogP contribution in [0.2, 0.25) is 0 Å². The second-order valence-corrected chi connectivity index (χ2v) is 7.69. The lowest BCUT2D eigenvalue weighted by Crippen LogP contribution is -2.62. The van der Waals surface area contributed by atoms with E-state index in [1.807, 2.05) is 0 Å². The zero-order valence-electron chi connectivity index (χ0n) is 14.5. The lowest BCUT2D eigenvalue weighted by atomic mass is 9.79. The normalized spacial score (nSPS) is 20.2. The molecule has 1 fully saturated rings. The quantitative estimate of drug-likeness (QED) is 0.818. The fourth-order valence-electron chi connectivity index (χ4n) is 3.59. The molecule has 128 valence electrons. The van der Waals surface area contributed by atoms with Crippen LogP contribution in [0.3, 0.4) is 0 Å². The van der Waals surface area contributed by atoms with E-state index in [-0.39, 0.29) is 35.1 Å². The highest BCUT2D eigenvalue weighted by Gasteiger charge is 2.38. The predicted octanol–water partition coefficient (Wildman–Crippen LogP) is -0.0276. The van der Waals surface area contributed by atoms with E-state index in [1.54, 1.807) is 0 Å². The molecule has 0 aliphatic carbocycles. The summed E-state index contributed by atoms with van der Waals surface area (Å²) < 4.78 is 2.23. The molecule has 2 rings (SSSR count). The zero-order valence-corrected chi connectivity index (χ0v) is 14.5. The van der Waals surface area contributed by atoms with Crippen LogP contribution in [0.5, 0.6) is 0 Å². The molecule has 0 aromatic carbocycles. The summed E-state index contributed by atoms with van der Waals surface area (Å²) >= 11 is 0. The van der Waals surface area contributed by atoms with Gasteiger partial charge in [0.05, 0.1) is 0 Å². The van der Waals surface area contributed by atoms with Gasteiger partial charge in [-0.1, -0.05) is 0 Å². The average Bonchev–Trinajstić information content (AvgIpc) is 2.35. The number of piperidine rings is 1. The maximum Gasteiger partial charge on any atom is 0.331 e. The van der Waals surface area contributed by atoms with Crippen LogP contribution >= 0.6 is 0 Å². The van der Waals surface area contributed by atoms with Gasteiger partial charge in [0.2, 0.25) is 5.91 Å². The highest BCUT2D eigenvalue weighted by Crippen LogP contribution is 2.28. The summed E-state index contributed by atoms with van der Waals surface area (Å²) in [6.45, 7) is 8.38. The summed E-state index contributed by atoms with van der Waals surface area (Å²) in [4.78, 5) is 35.6. The topological polar surface area (TPSA) is 85.1 Å². The van der Waals surface area contributed by atoms with Crippen LogP contribution in [0.1, 0.15) is 40.5 Å². The second kappa shape index (κ2) is 5.96. The van der Waals surface area contributed by atoms with Gasteiger partial charge in [-0.15, -0.1) is 0 Å². The molecule has 0 unspecified atom stereocenters. The SMILES string of the molecule is Cn1c(=O)ccn(CC(=O)NC2CC(C)(C)NC(C)(C)C2)c1=O. The Bertz CT molecular complexity index is 699. The number of carbonyl (C=O) groups is 1. The number of nitrogens with one attached hydrogen (secondary N) is 2. The molecule has 1 aliphatic rings. The van der Waals surface area contributed by atoms with Crippen LogP contribution in [0.4, 0.5) is 0 Å². The van der Waals surface area contributed by atoms with E-state index in [0.29, 0.717) is 0 Å². The molecule has 0 atom stereocenters. The summed E-state index contributed by atoms with van der Waals surface area (Å²) in [7, 11) is 1.40. The van der Waals surface area contributed by atoms with Gasteiger partial charge in [-0.25, -0.2) is 4.79 Å². The number of rotatable bonds is 3. The van der Waals surface area contributed by atoms with Crippen LogP contribution < -0.4 is 21.9 Å². The highest BCUT2D eigenvalue weighted by atomic mass is 16.2. The molecule has 1 aliphatic heterocycles. The smallest absolute Gasteiger partial charge is 0.331 e. The maximum absolute atomic E-state index is 12.3. The van der Waals surface area contributed by atoms with Crippen molar-refractivity contribution in [1.29, 1.82) is 0 Å². The van der Waals surface area contributed by atoms with Crippen molar-refractivity contribution in [1.82, 2.24) is 19.8 Å². The second-order valence-electron chi connectivity index (χ2n) is 7.69. The first kappa shape index (κ1) is 17.5. The fraction of sp³-hybridized carbons (Fsp3) is 0.688. The Balaban J connectivity index is 2.07. The third-order valence-corrected chi connectivity index (χ3v) is 4.13. The summed E-state index contributed by atoms with van der Waals surface area (Å²) in [5.41, 5.74) is -0.993. The Labute approximate surface area is 135 Å². The van der Waals surface area contributed by atoms with Crippen molar-refractivity contribution in [2.45, 2.75) is 64.2 Å². The van der Waals surface area contributed by atoms with E-state index >= 15 is 0 Å². The van der Waals surface area contributed by atoms with Crippen LogP contribution in [0, 0.1) is 0 Å². The van der Waals surface area contributed by atoms with Gasteiger partial charge in [0.1, 0.15) is 6.54 Å². The number of amides is 1. The molecule has 1 amide bonds. The average molecular weight is 322 g/mol. The molecule has 2 N–H and O–H groups in total. The summed E-state index contributed by atoms with van der Waals surface area (Å²) in [6, 6.07) is 1.34. The fourth-order valence-corrected chi connectivity index (χ4v) is 3.59. The van der Waals surface area contributed by atoms with Crippen molar-refractivity contribution >= 4 is 5.91 Å². The van der Waals surface area contributed by atoms with E-state index in [0.717, 1.165) is 17.4 Å². The molecule has 2 heterocycles. The Morgan fingerprint density at radius 2 is 1.83 bits per heavy atom. The largest absolute Gasteiger partial charge is 0.352 e. The molecular weight excluding hydrogens is 296 g/mol. The molecule has 0 saturated carbocycles. The highest BCUT2D eigenvalue weighted by molar-refractivity contribution is 5.76. The summed E-state index contributed by atoms with van der Waals surface area (Å²) in [5, 5.41) is 6.58. The molecule has 7 heteroatoms. The van der Waals surface area contributed by atoms with Gasteiger partial charge in [-0.05, 0) is 40.5 Å². The molecule has 1 aromatic rings.